The van der Waals surface area contributed by atoms with Crippen LogP contribution in [0.5, 0.6) is 0 Å². The molecule has 2 aromatic heterocycles. The molecule has 0 saturated heterocycles. The van der Waals surface area contributed by atoms with Gasteiger partial charge in [0.15, 0.2) is 0 Å². The molecule has 1 N–H and O–H groups in total. The summed E-state index contributed by atoms with van der Waals surface area (Å²) in [5, 5.41) is 3.13. The molecule has 4 aromatic rings. The topological polar surface area (TPSA) is 29.3 Å². The predicted octanol–water partition coefficient (Wildman–Crippen LogP) is 6.83. The number of para-hydroxylation sites is 1. The first-order valence-corrected chi connectivity index (χ1v) is 9.36. The molecular formula is C23H19F4N3. The molecule has 0 bridgehead atoms. The smallest absolute Gasteiger partial charge is 0.339 e. The van der Waals surface area contributed by atoms with Crippen molar-refractivity contribution < 1.29 is 17.6 Å². The van der Waals surface area contributed by atoms with Gasteiger partial charge in [0, 0.05) is 11.3 Å². The molecule has 0 aliphatic heterocycles. The molecule has 4 rings (SSSR count). The number of anilines is 2. The Morgan fingerprint density at radius 3 is 2.07 bits per heavy atom. The zero-order valence-corrected chi connectivity index (χ0v) is 16.6. The van der Waals surface area contributed by atoms with E-state index >= 15 is 0 Å². The minimum absolute atomic E-state index is 0.0727. The van der Waals surface area contributed by atoms with Crippen molar-refractivity contribution in [2.24, 2.45) is 0 Å². The maximum absolute atomic E-state index is 14.8. The number of pyridine rings is 1. The summed E-state index contributed by atoms with van der Waals surface area (Å²) in [4.78, 5) is 4.39. The van der Waals surface area contributed by atoms with Crippen LogP contribution >= 0.6 is 0 Å². The zero-order chi connectivity index (χ0) is 21.6. The van der Waals surface area contributed by atoms with E-state index in [4.69, 9.17) is 0 Å². The van der Waals surface area contributed by atoms with Crippen LogP contribution in [0.1, 0.15) is 22.4 Å². The van der Waals surface area contributed by atoms with Gasteiger partial charge in [0.25, 0.3) is 0 Å². The molecule has 0 saturated carbocycles. The summed E-state index contributed by atoms with van der Waals surface area (Å²) in [5.74, 6) is -0.472. The fourth-order valence-electron chi connectivity index (χ4n) is 3.67. The number of halogens is 4. The van der Waals surface area contributed by atoms with Gasteiger partial charge in [-0.25, -0.2) is 9.37 Å². The number of alkyl halides is 3. The van der Waals surface area contributed by atoms with Gasteiger partial charge in [0.1, 0.15) is 28.7 Å². The SMILES string of the molecule is Cc1cccc(C)c1Nc1c(-c2c(C)cccc2F)nc2cccc(C(F)(F)F)n12. The Hall–Kier alpha value is -3.35. The molecule has 3 nitrogen and oxygen atoms in total. The Labute approximate surface area is 171 Å². The van der Waals surface area contributed by atoms with Gasteiger partial charge >= 0.3 is 6.18 Å². The van der Waals surface area contributed by atoms with Crippen LogP contribution in [0.4, 0.5) is 29.1 Å². The lowest BCUT2D eigenvalue weighted by molar-refractivity contribution is -0.141. The van der Waals surface area contributed by atoms with Crippen molar-refractivity contribution in [3.05, 3.63) is 82.8 Å². The maximum Gasteiger partial charge on any atom is 0.431 e. The van der Waals surface area contributed by atoms with E-state index in [1.165, 1.54) is 18.2 Å². The molecule has 0 spiro atoms. The van der Waals surface area contributed by atoms with E-state index in [0.717, 1.165) is 21.6 Å². The molecule has 0 radical (unpaired) electrons. The first-order valence-electron chi connectivity index (χ1n) is 9.36. The van der Waals surface area contributed by atoms with Gasteiger partial charge in [-0.05, 0) is 55.7 Å². The third-order valence-corrected chi connectivity index (χ3v) is 5.12. The molecule has 0 atom stereocenters. The van der Waals surface area contributed by atoms with Gasteiger partial charge in [0.2, 0.25) is 0 Å². The van der Waals surface area contributed by atoms with Crippen LogP contribution in [-0.2, 0) is 6.18 Å². The summed E-state index contributed by atoms with van der Waals surface area (Å²) < 4.78 is 57.2. The summed E-state index contributed by atoms with van der Waals surface area (Å²) >= 11 is 0. The number of imidazole rings is 1. The summed E-state index contributed by atoms with van der Waals surface area (Å²) in [5.41, 5.74) is 2.44. The van der Waals surface area contributed by atoms with Crippen LogP contribution in [0.15, 0.2) is 54.6 Å². The molecule has 0 aliphatic carbocycles. The number of nitrogens with zero attached hydrogens (tertiary/aromatic N) is 2. The Morgan fingerprint density at radius 2 is 1.43 bits per heavy atom. The summed E-state index contributed by atoms with van der Waals surface area (Å²) in [6.45, 7) is 5.42. The molecule has 154 valence electrons. The van der Waals surface area contributed by atoms with Crippen molar-refractivity contribution in [1.82, 2.24) is 9.38 Å². The lowest BCUT2D eigenvalue weighted by Gasteiger charge is -2.17. The molecule has 0 fully saturated rings. The zero-order valence-electron chi connectivity index (χ0n) is 16.6. The van der Waals surface area contributed by atoms with Crippen LogP contribution in [0, 0.1) is 26.6 Å². The number of hydrogen-bond donors (Lipinski definition) is 1. The summed E-state index contributed by atoms with van der Waals surface area (Å²) in [6.07, 6.45) is -4.61. The second-order valence-electron chi connectivity index (χ2n) is 7.23. The van der Waals surface area contributed by atoms with Crippen molar-refractivity contribution in [3.63, 3.8) is 0 Å². The van der Waals surface area contributed by atoms with E-state index in [1.807, 2.05) is 32.0 Å². The molecule has 0 unspecified atom stereocenters. The minimum atomic E-state index is -4.61. The van der Waals surface area contributed by atoms with Gasteiger partial charge in [-0.2, -0.15) is 13.2 Å². The third kappa shape index (κ3) is 3.30. The van der Waals surface area contributed by atoms with E-state index in [1.54, 1.807) is 19.1 Å². The largest absolute Gasteiger partial charge is 0.431 e. The number of aryl methyl sites for hydroxylation is 3. The second-order valence-corrected chi connectivity index (χ2v) is 7.23. The first kappa shape index (κ1) is 19.9. The maximum atomic E-state index is 14.8. The van der Waals surface area contributed by atoms with Crippen LogP contribution in [-0.4, -0.2) is 9.38 Å². The molecule has 0 aliphatic rings. The van der Waals surface area contributed by atoms with E-state index in [0.29, 0.717) is 11.3 Å². The number of rotatable bonds is 3. The van der Waals surface area contributed by atoms with Crippen LogP contribution in [0.3, 0.4) is 0 Å². The number of aromatic nitrogens is 2. The van der Waals surface area contributed by atoms with Crippen molar-refractivity contribution in [2.45, 2.75) is 26.9 Å². The lowest BCUT2D eigenvalue weighted by Crippen LogP contribution is -2.13. The number of nitrogens with one attached hydrogen (secondary N) is 1. The van der Waals surface area contributed by atoms with Gasteiger partial charge in [0.05, 0.1) is 0 Å². The van der Waals surface area contributed by atoms with Gasteiger partial charge in [-0.3, -0.25) is 4.40 Å². The predicted molar refractivity (Wildman–Crippen MR) is 110 cm³/mol. The lowest BCUT2D eigenvalue weighted by atomic mass is 10.0. The van der Waals surface area contributed by atoms with Crippen LogP contribution < -0.4 is 5.32 Å². The Morgan fingerprint density at radius 1 is 0.833 bits per heavy atom. The average molecular weight is 413 g/mol. The standard InChI is InChI=1S/C23H19F4N3/c1-13-7-5-10-16(24)19(13)21-22(29-20-14(2)8-4-9-15(20)3)30-17(23(25,26)27)11-6-12-18(30)28-21/h4-12,29H,1-3H3. The number of fused-ring (bicyclic) bond motifs is 1. The van der Waals surface area contributed by atoms with Gasteiger partial charge < -0.3 is 5.32 Å². The molecule has 2 heterocycles. The Balaban J connectivity index is 2.09. The van der Waals surface area contributed by atoms with Crippen molar-refractivity contribution in [1.29, 1.82) is 0 Å². The van der Waals surface area contributed by atoms with Crippen molar-refractivity contribution in [3.8, 4) is 11.3 Å². The summed E-state index contributed by atoms with van der Waals surface area (Å²) in [7, 11) is 0. The Kier molecular flexibility index (Phi) is 4.76. The van der Waals surface area contributed by atoms with Crippen molar-refractivity contribution >= 4 is 17.2 Å². The highest BCUT2D eigenvalue weighted by Crippen LogP contribution is 2.39. The molecule has 0 amide bonds. The quantitative estimate of drug-likeness (QED) is 0.373. The van der Waals surface area contributed by atoms with Crippen LogP contribution in [0.2, 0.25) is 0 Å². The number of hydrogen-bond acceptors (Lipinski definition) is 2. The average Bonchev–Trinajstić information content (AvgIpc) is 3.02. The van der Waals surface area contributed by atoms with E-state index in [-0.39, 0.29) is 22.7 Å². The fourth-order valence-corrected chi connectivity index (χ4v) is 3.67. The molecule has 7 heteroatoms. The van der Waals surface area contributed by atoms with Gasteiger partial charge in [-0.1, -0.05) is 36.4 Å². The number of benzene rings is 2. The highest BCUT2D eigenvalue weighted by molar-refractivity contribution is 5.83. The van der Waals surface area contributed by atoms with Crippen molar-refractivity contribution in [2.75, 3.05) is 5.32 Å². The minimum Gasteiger partial charge on any atom is -0.339 e. The monoisotopic (exact) mass is 413 g/mol. The first-order chi connectivity index (χ1) is 14.2. The van der Waals surface area contributed by atoms with Gasteiger partial charge in [-0.15, -0.1) is 0 Å². The van der Waals surface area contributed by atoms with E-state index in [2.05, 4.69) is 10.3 Å². The molecular weight excluding hydrogens is 394 g/mol. The Bertz CT molecular complexity index is 1220. The normalized spacial score (nSPS) is 11.8. The third-order valence-electron chi connectivity index (χ3n) is 5.12. The van der Waals surface area contributed by atoms with Crippen LogP contribution in [0.25, 0.3) is 16.9 Å². The van der Waals surface area contributed by atoms with E-state index < -0.39 is 17.7 Å². The molecule has 2 aromatic carbocycles. The highest BCUT2D eigenvalue weighted by atomic mass is 19.4. The second kappa shape index (κ2) is 7.16. The van der Waals surface area contributed by atoms with E-state index in [9.17, 15) is 17.6 Å². The fraction of sp³-hybridized carbons (Fsp3) is 0.174. The summed E-state index contributed by atoms with van der Waals surface area (Å²) in [6, 6.07) is 13.9. The highest BCUT2D eigenvalue weighted by Gasteiger charge is 2.35. The molecule has 30 heavy (non-hydrogen) atoms.